The van der Waals surface area contributed by atoms with Crippen LogP contribution in [0.1, 0.15) is 58.9 Å². The highest BCUT2D eigenvalue weighted by Crippen LogP contribution is 2.41. The first-order chi connectivity index (χ1) is 12.2. The molecule has 7 heteroatoms. The highest BCUT2D eigenvalue weighted by molar-refractivity contribution is 6.53. The summed E-state index contributed by atoms with van der Waals surface area (Å²) in [5.41, 5.74) is -0.273. The molecule has 2 aliphatic rings. The smallest absolute Gasteiger partial charge is 0.473 e. The Kier molecular flexibility index (Phi) is 5.09. The molecule has 0 aromatic carbocycles. The van der Waals surface area contributed by atoms with Crippen molar-refractivity contribution >= 4 is 7.12 Å². The zero-order chi connectivity index (χ0) is 18.9. The third-order valence-electron chi connectivity index (χ3n) is 5.50. The van der Waals surface area contributed by atoms with Crippen LogP contribution in [0.3, 0.4) is 0 Å². The second kappa shape index (κ2) is 7.01. The van der Waals surface area contributed by atoms with E-state index in [2.05, 4.69) is 11.1 Å². The Morgan fingerprint density at radius 2 is 1.88 bits per heavy atom. The molecule has 0 radical (unpaired) electrons. The lowest BCUT2D eigenvalue weighted by Crippen LogP contribution is -2.41. The first-order valence-electron chi connectivity index (χ1n) is 8.98. The number of aromatic nitrogens is 1. The van der Waals surface area contributed by atoms with Crippen LogP contribution in [0, 0.1) is 11.3 Å². The number of rotatable bonds is 3. The molecule has 1 saturated heterocycles. The second-order valence-corrected chi connectivity index (χ2v) is 7.82. The minimum Gasteiger partial charge on any atom is -0.473 e. The molecule has 0 spiro atoms. The Balaban J connectivity index is 1.63. The molecule has 2 fully saturated rings. The summed E-state index contributed by atoms with van der Waals surface area (Å²) >= 11 is 0. The van der Waals surface area contributed by atoms with Gasteiger partial charge in [0.25, 0.3) is 0 Å². The topological polar surface area (TPSA) is 64.4 Å². The van der Waals surface area contributed by atoms with Gasteiger partial charge in [-0.1, -0.05) is 0 Å². The van der Waals surface area contributed by atoms with E-state index in [9.17, 15) is 4.39 Å². The van der Waals surface area contributed by atoms with Crippen molar-refractivity contribution in [2.24, 2.45) is 0 Å². The number of nitriles is 1. The molecule has 138 valence electrons. The molecule has 1 aliphatic heterocycles. The Hall–Kier alpha value is -1.91. The molecular formula is C19H24BFN2O3. The van der Waals surface area contributed by atoms with E-state index in [4.69, 9.17) is 19.3 Å². The SMILES string of the molecule is CC1(C)OB(C(F)=C2CCC(Oc3ncccc3C#N)CC2)OC1(C)C. The zero-order valence-electron chi connectivity index (χ0n) is 15.7. The fraction of sp³-hybridized carbons (Fsp3) is 0.579. The van der Waals surface area contributed by atoms with E-state index in [0.717, 1.165) is 5.57 Å². The van der Waals surface area contributed by atoms with Gasteiger partial charge in [0.15, 0.2) is 0 Å². The summed E-state index contributed by atoms with van der Waals surface area (Å²) in [6.07, 6.45) is 4.02. The van der Waals surface area contributed by atoms with E-state index in [-0.39, 0.29) is 11.8 Å². The van der Waals surface area contributed by atoms with Gasteiger partial charge >= 0.3 is 7.12 Å². The van der Waals surface area contributed by atoms with E-state index < -0.39 is 18.3 Å². The standard InChI is InChI=1S/C19H24BFN2O3/c1-18(2)19(3,4)26-20(25-18)16(21)13-7-9-15(10-8-13)24-17-14(12-22)6-5-11-23-17/h5-6,11,15H,7-10H2,1-4H3. The van der Waals surface area contributed by atoms with Crippen molar-refractivity contribution in [2.75, 3.05) is 0 Å². The van der Waals surface area contributed by atoms with Crippen LogP contribution in [0.25, 0.3) is 0 Å². The van der Waals surface area contributed by atoms with Crippen LogP contribution < -0.4 is 4.74 Å². The summed E-state index contributed by atoms with van der Waals surface area (Å²) in [6, 6.07) is 5.45. The first kappa shape index (κ1) is 18.9. The molecule has 0 amide bonds. The van der Waals surface area contributed by atoms with Gasteiger partial charge in [-0.3, -0.25) is 0 Å². The fourth-order valence-electron chi connectivity index (χ4n) is 3.14. The number of nitrogens with zero attached hydrogens (tertiary/aromatic N) is 2. The molecular weight excluding hydrogens is 334 g/mol. The molecule has 0 N–H and O–H groups in total. The van der Waals surface area contributed by atoms with Crippen molar-refractivity contribution in [2.45, 2.75) is 70.7 Å². The van der Waals surface area contributed by atoms with Crippen LogP contribution in [0.15, 0.2) is 29.6 Å². The Morgan fingerprint density at radius 3 is 2.46 bits per heavy atom. The monoisotopic (exact) mass is 358 g/mol. The zero-order valence-corrected chi connectivity index (χ0v) is 15.7. The number of hydrogen-bond acceptors (Lipinski definition) is 5. The lowest BCUT2D eigenvalue weighted by molar-refractivity contribution is 0.00578. The van der Waals surface area contributed by atoms with Crippen molar-refractivity contribution in [3.05, 3.63) is 35.2 Å². The van der Waals surface area contributed by atoms with Crippen molar-refractivity contribution in [1.29, 1.82) is 5.26 Å². The van der Waals surface area contributed by atoms with Gasteiger partial charge in [-0.2, -0.15) is 5.26 Å². The van der Waals surface area contributed by atoms with Crippen molar-refractivity contribution in [3.63, 3.8) is 0 Å². The minimum absolute atomic E-state index is 0.0770. The summed E-state index contributed by atoms with van der Waals surface area (Å²) in [4.78, 5) is 4.12. The first-order valence-corrected chi connectivity index (χ1v) is 8.98. The third kappa shape index (κ3) is 3.62. The van der Waals surface area contributed by atoms with Gasteiger partial charge in [0.2, 0.25) is 5.88 Å². The maximum absolute atomic E-state index is 14.9. The lowest BCUT2D eigenvalue weighted by atomic mass is 9.79. The number of pyridine rings is 1. The van der Waals surface area contributed by atoms with Crippen LogP contribution >= 0.6 is 0 Å². The van der Waals surface area contributed by atoms with Crippen LogP contribution in [0.4, 0.5) is 4.39 Å². The van der Waals surface area contributed by atoms with Crippen LogP contribution in [-0.4, -0.2) is 29.4 Å². The molecule has 0 atom stereocenters. The quantitative estimate of drug-likeness (QED) is 0.761. The highest BCUT2D eigenvalue weighted by Gasteiger charge is 2.53. The van der Waals surface area contributed by atoms with Crippen LogP contribution in [-0.2, 0) is 9.31 Å². The fourth-order valence-corrected chi connectivity index (χ4v) is 3.14. The molecule has 0 unspecified atom stereocenters. The maximum atomic E-state index is 14.9. The summed E-state index contributed by atoms with van der Waals surface area (Å²) in [5.74, 6) is 0.346. The van der Waals surface area contributed by atoms with Crippen molar-refractivity contribution in [1.82, 2.24) is 4.98 Å². The number of ether oxygens (including phenoxy) is 1. The Labute approximate surface area is 154 Å². The highest BCUT2D eigenvalue weighted by atomic mass is 19.1. The Morgan fingerprint density at radius 1 is 1.27 bits per heavy atom. The molecule has 5 nitrogen and oxygen atoms in total. The summed E-state index contributed by atoms with van der Waals surface area (Å²) in [5, 5.41) is 9.11. The predicted octanol–water partition coefficient (Wildman–Crippen LogP) is 4.13. The van der Waals surface area contributed by atoms with Crippen molar-refractivity contribution < 1.29 is 18.4 Å². The molecule has 3 rings (SSSR count). The van der Waals surface area contributed by atoms with Crippen LogP contribution in [0.2, 0.25) is 0 Å². The summed E-state index contributed by atoms with van der Waals surface area (Å²) in [6.45, 7) is 7.65. The normalized spacial score (nSPS) is 24.2. The van der Waals surface area contributed by atoms with E-state index >= 15 is 0 Å². The van der Waals surface area contributed by atoms with E-state index in [1.165, 1.54) is 0 Å². The summed E-state index contributed by atoms with van der Waals surface area (Å²) in [7, 11) is -0.937. The van der Waals surface area contributed by atoms with Crippen molar-refractivity contribution in [3.8, 4) is 11.9 Å². The maximum Gasteiger partial charge on any atom is 0.525 e. The van der Waals surface area contributed by atoms with E-state index in [1.807, 2.05) is 27.7 Å². The molecule has 0 bridgehead atoms. The molecule has 1 aliphatic carbocycles. The average molecular weight is 358 g/mol. The van der Waals surface area contributed by atoms with Gasteiger partial charge in [-0.15, -0.1) is 0 Å². The average Bonchev–Trinajstić information content (AvgIpc) is 2.83. The van der Waals surface area contributed by atoms with E-state index in [0.29, 0.717) is 37.1 Å². The number of halogens is 1. The lowest BCUT2D eigenvalue weighted by Gasteiger charge is -2.32. The van der Waals surface area contributed by atoms with E-state index in [1.54, 1.807) is 18.3 Å². The van der Waals surface area contributed by atoms with Crippen LogP contribution in [0.5, 0.6) is 5.88 Å². The van der Waals surface area contributed by atoms with Gasteiger partial charge in [0, 0.05) is 6.20 Å². The van der Waals surface area contributed by atoms with Gasteiger partial charge < -0.3 is 14.0 Å². The predicted molar refractivity (Wildman–Crippen MR) is 96.1 cm³/mol. The number of allylic oxidation sites excluding steroid dienone is 1. The molecule has 1 aromatic rings. The van der Waals surface area contributed by atoms with Gasteiger partial charge in [0.05, 0.1) is 11.2 Å². The molecule has 2 heterocycles. The molecule has 1 saturated carbocycles. The second-order valence-electron chi connectivity index (χ2n) is 7.82. The Bertz CT molecular complexity index is 731. The molecule has 1 aromatic heterocycles. The third-order valence-corrected chi connectivity index (χ3v) is 5.50. The van der Waals surface area contributed by atoms with Gasteiger partial charge in [0.1, 0.15) is 23.5 Å². The largest absolute Gasteiger partial charge is 0.525 e. The van der Waals surface area contributed by atoms with Gasteiger partial charge in [-0.05, 0) is 71.1 Å². The number of hydrogen-bond donors (Lipinski definition) is 0. The van der Waals surface area contributed by atoms with Gasteiger partial charge in [-0.25, -0.2) is 9.37 Å². The summed E-state index contributed by atoms with van der Waals surface area (Å²) < 4.78 is 32.3. The minimum atomic E-state index is -0.937. The molecule has 26 heavy (non-hydrogen) atoms.